The second kappa shape index (κ2) is 11.0. The van der Waals surface area contributed by atoms with Crippen LogP contribution in [0.2, 0.25) is 10.0 Å². The summed E-state index contributed by atoms with van der Waals surface area (Å²) in [7, 11) is 0. The Morgan fingerprint density at radius 3 is 2.47 bits per heavy atom. The molecule has 1 saturated carbocycles. The topological polar surface area (TPSA) is 50.9 Å². The molecule has 162 valence electrons. The van der Waals surface area contributed by atoms with Gasteiger partial charge in [-0.05, 0) is 60.7 Å². The van der Waals surface area contributed by atoms with Gasteiger partial charge in [0.05, 0.1) is 11.1 Å². The van der Waals surface area contributed by atoms with Gasteiger partial charge in [-0.2, -0.15) is 0 Å². The second-order valence-corrected chi connectivity index (χ2v) is 9.88. The van der Waals surface area contributed by atoms with E-state index in [0.717, 1.165) is 41.7 Å². The minimum Gasteiger partial charge on any atom is -0.321 e. The van der Waals surface area contributed by atoms with E-state index >= 15 is 0 Å². The molecule has 0 bridgehead atoms. The highest BCUT2D eigenvalue weighted by Gasteiger charge is 2.41. The molecule has 30 heavy (non-hydrogen) atoms. The van der Waals surface area contributed by atoms with Crippen LogP contribution in [-0.2, 0) is 12.1 Å². The highest BCUT2D eigenvalue weighted by molar-refractivity contribution is 14.1. The maximum Gasteiger partial charge on any atom is 0.0720 e. The number of halogens is 5. The van der Waals surface area contributed by atoms with Gasteiger partial charge in [0, 0.05) is 38.1 Å². The molecule has 1 aliphatic carbocycles. The van der Waals surface area contributed by atoms with Gasteiger partial charge in [-0.15, -0.1) is 24.8 Å². The number of fused-ring (bicyclic) bond motifs is 1. The van der Waals surface area contributed by atoms with Crippen LogP contribution in [-0.4, -0.2) is 15.0 Å². The predicted octanol–water partition coefficient (Wildman–Crippen LogP) is 6.69. The van der Waals surface area contributed by atoms with Crippen molar-refractivity contribution in [2.45, 2.75) is 41.3 Å². The van der Waals surface area contributed by atoms with Crippen molar-refractivity contribution >= 4 is 81.5 Å². The molecule has 3 unspecified atom stereocenters. The molecular formula is C22H24Cl4IN3. The summed E-state index contributed by atoms with van der Waals surface area (Å²) in [6, 6.07) is 16.4. The summed E-state index contributed by atoms with van der Waals surface area (Å²) in [6.45, 7) is 0.847. The van der Waals surface area contributed by atoms with Crippen molar-refractivity contribution in [1.82, 2.24) is 10.3 Å². The molecule has 0 saturated heterocycles. The first-order valence-corrected chi connectivity index (χ1v) is 11.4. The fourth-order valence-corrected chi connectivity index (χ4v) is 5.58. The van der Waals surface area contributed by atoms with Gasteiger partial charge < -0.3 is 11.1 Å². The van der Waals surface area contributed by atoms with Crippen molar-refractivity contribution in [3.63, 3.8) is 0 Å². The molecule has 1 fully saturated rings. The summed E-state index contributed by atoms with van der Waals surface area (Å²) in [6.07, 6.45) is 4.85. The number of nitrogens with one attached hydrogen (secondary N) is 1. The van der Waals surface area contributed by atoms with E-state index in [0.29, 0.717) is 15.0 Å². The smallest absolute Gasteiger partial charge is 0.0720 e. The Kier molecular flexibility index (Phi) is 9.50. The first kappa shape index (κ1) is 25.9. The molecule has 4 rings (SSSR count). The van der Waals surface area contributed by atoms with E-state index in [-0.39, 0.29) is 30.4 Å². The fourth-order valence-electron chi connectivity index (χ4n) is 4.03. The first-order valence-electron chi connectivity index (χ1n) is 9.41. The SMILES string of the molecule is Cl.Cl.NC1(c2ccnc3cc(Cl)ccc23)CCC(NCc2ccc(Cl)cc2)CC1I. The van der Waals surface area contributed by atoms with E-state index in [2.05, 4.69) is 51.1 Å². The zero-order valence-corrected chi connectivity index (χ0v) is 21.5. The third-order valence-electron chi connectivity index (χ3n) is 5.67. The third kappa shape index (κ3) is 5.52. The largest absolute Gasteiger partial charge is 0.321 e. The van der Waals surface area contributed by atoms with Crippen LogP contribution in [0.5, 0.6) is 0 Å². The van der Waals surface area contributed by atoms with Crippen molar-refractivity contribution in [3.8, 4) is 0 Å². The highest BCUT2D eigenvalue weighted by atomic mass is 127. The Morgan fingerprint density at radius 1 is 1.07 bits per heavy atom. The quantitative estimate of drug-likeness (QED) is 0.260. The lowest BCUT2D eigenvalue weighted by Crippen LogP contribution is -2.52. The van der Waals surface area contributed by atoms with Crippen LogP contribution >= 0.6 is 70.6 Å². The van der Waals surface area contributed by atoms with Crippen LogP contribution < -0.4 is 11.1 Å². The number of aromatic nitrogens is 1. The second-order valence-electron chi connectivity index (χ2n) is 7.51. The number of alkyl halides is 1. The number of rotatable bonds is 4. The van der Waals surface area contributed by atoms with Gasteiger partial charge in [0.2, 0.25) is 0 Å². The number of nitrogens with two attached hydrogens (primary N) is 1. The van der Waals surface area contributed by atoms with Gasteiger partial charge in [-0.3, -0.25) is 4.98 Å². The van der Waals surface area contributed by atoms with E-state index in [9.17, 15) is 0 Å². The molecular weight excluding hydrogens is 575 g/mol. The molecule has 2 aromatic carbocycles. The summed E-state index contributed by atoms with van der Waals surface area (Å²) < 4.78 is 0.322. The Labute approximate surface area is 213 Å². The van der Waals surface area contributed by atoms with Crippen LogP contribution in [0, 0.1) is 0 Å². The van der Waals surface area contributed by atoms with Gasteiger partial charge in [0.1, 0.15) is 0 Å². The maximum atomic E-state index is 7.00. The van der Waals surface area contributed by atoms with Crippen molar-refractivity contribution in [1.29, 1.82) is 0 Å². The molecule has 3 aromatic rings. The molecule has 0 radical (unpaired) electrons. The summed E-state index contributed by atoms with van der Waals surface area (Å²) in [4.78, 5) is 4.47. The standard InChI is InChI=1S/C22H22Cl2IN3.2ClH/c23-15-3-1-14(2-4-15)13-28-17-7-9-22(26,21(25)12-17)19-8-10-27-20-11-16(24)5-6-18(19)20;;/h1-6,8,10-11,17,21,28H,7,9,12-13,26H2;2*1H. The van der Waals surface area contributed by atoms with Crippen LogP contribution in [0.4, 0.5) is 0 Å². The zero-order valence-electron chi connectivity index (χ0n) is 16.2. The Morgan fingerprint density at radius 2 is 1.77 bits per heavy atom. The maximum absolute atomic E-state index is 7.00. The lowest BCUT2D eigenvalue weighted by Gasteiger charge is -2.42. The average molecular weight is 599 g/mol. The molecule has 8 heteroatoms. The average Bonchev–Trinajstić information content (AvgIpc) is 2.69. The van der Waals surface area contributed by atoms with E-state index in [1.807, 2.05) is 36.5 Å². The number of pyridine rings is 1. The molecule has 0 amide bonds. The van der Waals surface area contributed by atoms with Gasteiger partial charge in [0.15, 0.2) is 0 Å². The molecule has 1 heterocycles. The van der Waals surface area contributed by atoms with Crippen molar-refractivity contribution in [2.24, 2.45) is 5.73 Å². The van der Waals surface area contributed by atoms with Gasteiger partial charge >= 0.3 is 0 Å². The normalized spacial score (nSPS) is 23.5. The highest BCUT2D eigenvalue weighted by Crippen LogP contribution is 2.42. The van der Waals surface area contributed by atoms with Gasteiger partial charge in [-0.25, -0.2) is 0 Å². The number of benzene rings is 2. The van der Waals surface area contributed by atoms with E-state index in [4.69, 9.17) is 28.9 Å². The molecule has 3 N–H and O–H groups in total. The van der Waals surface area contributed by atoms with Crippen molar-refractivity contribution in [2.75, 3.05) is 0 Å². The van der Waals surface area contributed by atoms with Gasteiger partial charge in [-0.1, -0.05) is 64.0 Å². The summed E-state index contributed by atoms with van der Waals surface area (Å²) in [5.74, 6) is 0. The lowest BCUT2D eigenvalue weighted by molar-refractivity contribution is 0.271. The zero-order chi connectivity index (χ0) is 19.7. The van der Waals surface area contributed by atoms with Crippen LogP contribution in [0.15, 0.2) is 54.7 Å². The minimum atomic E-state index is -0.367. The van der Waals surface area contributed by atoms with Crippen molar-refractivity contribution < 1.29 is 0 Å². The van der Waals surface area contributed by atoms with Crippen LogP contribution in [0.3, 0.4) is 0 Å². The number of hydrogen-bond acceptors (Lipinski definition) is 3. The molecule has 0 aliphatic heterocycles. The molecule has 1 aromatic heterocycles. The molecule has 1 aliphatic rings. The van der Waals surface area contributed by atoms with E-state index in [1.54, 1.807) is 0 Å². The minimum absolute atomic E-state index is 0. The predicted molar refractivity (Wildman–Crippen MR) is 141 cm³/mol. The van der Waals surface area contributed by atoms with Crippen molar-refractivity contribution in [3.05, 3.63) is 75.9 Å². The molecule has 3 atom stereocenters. The summed E-state index contributed by atoms with van der Waals surface area (Å²) in [5.41, 5.74) is 9.96. The monoisotopic (exact) mass is 597 g/mol. The summed E-state index contributed by atoms with van der Waals surface area (Å²) in [5, 5.41) is 6.26. The van der Waals surface area contributed by atoms with E-state index < -0.39 is 0 Å². The first-order chi connectivity index (χ1) is 13.5. The van der Waals surface area contributed by atoms with Gasteiger partial charge in [0.25, 0.3) is 0 Å². The number of hydrogen-bond donors (Lipinski definition) is 2. The van der Waals surface area contributed by atoms with E-state index in [1.165, 1.54) is 11.1 Å². The Balaban J connectivity index is 0.00000160. The number of nitrogens with zero attached hydrogens (tertiary/aromatic N) is 1. The van der Waals surface area contributed by atoms with Crippen LogP contribution in [0.1, 0.15) is 30.4 Å². The van der Waals surface area contributed by atoms with Crippen LogP contribution in [0.25, 0.3) is 10.9 Å². The Bertz CT molecular complexity index is 986. The summed E-state index contributed by atoms with van der Waals surface area (Å²) >= 11 is 14.6. The third-order valence-corrected chi connectivity index (χ3v) is 7.78. The molecule has 0 spiro atoms. The molecule has 3 nitrogen and oxygen atoms in total. The lowest BCUT2D eigenvalue weighted by atomic mass is 9.74. The fraction of sp³-hybridized carbons (Fsp3) is 0.318. The Hall–Kier alpha value is -0.340.